The van der Waals surface area contributed by atoms with Gasteiger partial charge in [-0.1, -0.05) is 36.9 Å². The molecule has 0 bridgehead atoms. The highest BCUT2D eigenvalue weighted by molar-refractivity contribution is 7.99. The normalized spacial score (nSPS) is 14.7. The molecule has 0 aliphatic carbocycles. The van der Waals surface area contributed by atoms with Crippen molar-refractivity contribution in [3.8, 4) is 17.2 Å². The van der Waals surface area contributed by atoms with Crippen molar-refractivity contribution < 1.29 is 19.0 Å². The second-order valence-electron chi connectivity index (χ2n) is 7.66. The Morgan fingerprint density at radius 2 is 1.89 bits per heavy atom. The average Bonchev–Trinajstić information content (AvgIpc) is 3.26. The summed E-state index contributed by atoms with van der Waals surface area (Å²) in [5.41, 5.74) is 2.58. The first-order chi connectivity index (χ1) is 17.0. The highest BCUT2D eigenvalue weighted by Crippen LogP contribution is 2.40. The number of fused-ring (bicyclic) bond motifs is 1. The number of para-hydroxylation sites is 2. The van der Waals surface area contributed by atoms with Crippen LogP contribution < -0.4 is 24.8 Å². The number of hydrogen-bond acceptors (Lipinski definition) is 8. The van der Waals surface area contributed by atoms with E-state index >= 15 is 0 Å². The van der Waals surface area contributed by atoms with E-state index in [0.717, 1.165) is 11.3 Å². The largest absolute Gasteiger partial charge is 0.495 e. The first-order valence-corrected chi connectivity index (χ1v) is 12.3. The predicted octanol–water partition coefficient (Wildman–Crippen LogP) is 4.73. The lowest BCUT2D eigenvalue weighted by molar-refractivity contribution is -0.113. The number of carbonyl (C=O) groups excluding carboxylic acids is 1. The van der Waals surface area contributed by atoms with Crippen LogP contribution in [0.3, 0.4) is 0 Å². The molecule has 10 heteroatoms. The van der Waals surface area contributed by atoms with Crippen molar-refractivity contribution in [2.45, 2.75) is 32.0 Å². The Kier molecular flexibility index (Phi) is 7.50. The number of nitrogens with one attached hydrogen (secondary N) is 2. The van der Waals surface area contributed by atoms with Gasteiger partial charge in [0, 0.05) is 5.70 Å². The predicted molar refractivity (Wildman–Crippen MR) is 137 cm³/mol. The van der Waals surface area contributed by atoms with E-state index in [1.165, 1.54) is 11.8 Å². The van der Waals surface area contributed by atoms with E-state index in [-0.39, 0.29) is 5.91 Å². The van der Waals surface area contributed by atoms with Gasteiger partial charge in [-0.2, -0.15) is 4.98 Å². The minimum absolute atomic E-state index is 0.275. The van der Waals surface area contributed by atoms with Crippen LogP contribution in [-0.4, -0.2) is 47.3 Å². The summed E-state index contributed by atoms with van der Waals surface area (Å²) in [4.78, 5) is 18.3. The smallest absolute Gasteiger partial charge is 0.255 e. The third-order valence-corrected chi connectivity index (χ3v) is 6.23. The number of rotatable bonds is 9. The van der Waals surface area contributed by atoms with E-state index < -0.39 is 6.04 Å². The summed E-state index contributed by atoms with van der Waals surface area (Å²) in [6, 6.07) is 12.4. The number of aromatic nitrogens is 3. The van der Waals surface area contributed by atoms with E-state index in [1.54, 1.807) is 31.0 Å². The van der Waals surface area contributed by atoms with Gasteiger partial charge in [-0.15, -0.1) is 5.10 Å². The summed E-state index contributed by atoms with van der Waals surface area (Å²) in [5, 5.41) is 11.6. The van der Waals surface area contributed by atoms with Crippen molar-refractivity contribution in [1.29, 1.82) is 0 Å². The summed E-state index contributed by atoms with van der Waals surface area (Å²) in [6.45, 7) is 6.34. The first-order valence-electron chi connectivity index (χ1n) is 11.3. The van der Waals surface area contributed by atoms with Crippen LogP contribution in [0.25, 0.3) is 0 Å². The Balaban J connectivity index is 1.81. The standard InChI is InChI=1S/C25H29N5O4S/c1-6-34-19-13-12-16(14-20(19)33-5)22-21(23(31)27-17-10-8-9-11-18(17)32-4)15(3)26-24-28-25(35-7-2)29-30(22)24/h8-14,22H,6-7H2,1-5H3,(H,27,31)(H,26,28,29)/t22-/m0/s1. The highest BCUT2D eigenvalue weighted by atomic mass is 32.2. The molecule has 2 aromatic carbocycles. The lowest BCUT2D eigenvalue weighted by atomic mass is 9.94. The van der Waals surface area contributed by atoms with Crippen molar-refractivity contribution >= 4 is 29.3 Å². The van der Waals surface area contributed by atoms with Gasteiger partial charge >= 0.3 is 0 Å². The molecule has 0 fully saturated rings. The number of benzene rings is 2. The fourth-order valence-corrected chi connectivity index (χ4v) is 4.55. The lowest BCUT2D eigenvalue weighted by Gasteiger charge is -2.29. The number of nitrogens with zero attached hydrogens (tertiary/aromatic N) is 3. The van der Waals surface area contributed by atoms with E-state index in [4.69, 9.17) is 19.3 Å². The van der Waals surface area contributed by atoms with Gasteiger partial charge in [0.2, 0.25) is 11.1 Å². The molecule has 1 aliphatic heterocycles. The second-order valence-corrected chi connectivity index (χ2v) is 8.89. The number of hydrogen-bond donors (Lipinski definition) is 2. The Labute approximate surface area is 208 Å². The molecule has 9 nitrogen and oxygen atoms in total. The minimum atomic E-state index is -0.538. The zero-order chi connectivity index (χ0) is 24.9. The average molecular weight is 496 g/mol. The topological polar surface area (TPSA) is 99.5 Å². The fraction of sp³-hybridized carbons (Fsp3) is 0.320. The summed E-state index contributed by atoms with van der Waals surface area (Å²) in [5.74, 6) is 2.92. The molecule has 4 rings (SSSR count). The van der Waals surface area contributed by atoms with Gasteiger partial charge in [0.05, 0.1) is 32.1 Å². The molecule has 0 saturated carbocycles. The van der Waals surface area contributed by atoms with Gasteiger partial charge < -0.3 is 24.8 Å². The maximum Gasteiger partial charge on any atom is 0.255 e. The summed E-state index contributed by atoms with van der Waals surface area (Å²) >= 11 is 1.54. The number of methoxy groups -OCH3 is 2. The number of anilines is 2. The number of amides is 1. The van der Waals surface area contributed by atoms with E-state index in [2.05, 4.69) is 15.6 Å². The van der Waals surface area contributed by atoms with Crippen molar-refractivity contribution in [3.05, 3.63) is 59.3 Å². The van der Waals surface area contributed by atoms with Crippen LogP contribution >= 0.6 is 11.8 Å². The van der Waals surface area contributed by atoms with Gasteiger partial charge in [0.1, 0.15) is 11.8 Å². The highest BCUT2D eigenvalue weighted by Gasteiger charge is 2.35. The molecule has 1 aromatic heterocycles. The zero-order valence-electron chi connectivity index (χ0n) is 20.4. The van der Waals surface area contributed by atoms with Crippen molar-refractivity contribution in [2.24, 2.45) is 0 Å². The van der Waals surface area contributed by atoms with Gasteiger partial charge in [0.15, 0.2) is 11.5 Å². The molecule has 2 heterocycles. The SMILES string of the molecule is CCOc1ccc([C@H]2C(C(=O)Nc3ccccc3OC)=C(C)Nc3nc(SCC)nn32)cc1OC. The molecule has 1 amide bonds. The van der Waals surface area contributed by atoms with E-state index in [9.17, 15) is 4.79 Å². The number of allylic oxidation sites excluding steroid dienone is 1. The van der Waals surface area contributed by atoms with Gasteiger partial charge in [-0.25, -0.2) is 4.68 Å². The van der Waals surface area contributed by atoms with Gasteiger partial charge in [0.25, 0.3) is 5.91 Å². The number of carbonyl (C=O) groups is 1. The third-order valence-electron chi connectivity index (χ3n) is 5.51. The molecule has 0 radical (unpaired) electrons. The van der Waals surface area contributed by atoms with Crippen LogP contribution in [0.4, 0.5) is 11.6 Å². The molecule has 0 spiro atoms. The third kappa shape index (κ3) is 4.93. The van der Waals surface area contributed by atoms with Gasteiger partial charge in [-0.05, 0) is 49.4 Å². The van der Waals surface area contributed by atoms with Crippen LogP contribution in [0, 0.1) is 0 Å². The zero-order valence-corrected chi connectivity index (χ0v) is 21.2. The van der Waals surface area contributed by atoms with Crippen LogP contribution in [-0.2, 0) is 4.79 Å². The molecule has 35 heavy (non-hydrogen) atoms. The second kappa shape index (κ2) is 10.7. The molecular weight excluding hydrogens is 466 g/mol. The summed E-state index contributed by atoms with van der Waals surface area (Å²) in [6.07, 6.45) is 0. The fourth-order valence-electron chi connectivity index (χ4n) is 3.99. The Morgan fingerprint density at radius 3 is 2.60 bits per heavy atom. The summed E-state index contributed by atoms with van der Waals surface area (Å²) in [7, 11) is 3.17. The first kappa shape index (κ1) is 24.5. The van der Waals surface area contributed by atoms with Crippen molar-refractivity contribution in [3.63, 3.8) is 0 Å². The lowest BCUT2D eigenvalue weighted by Crippen LogP contribution is -2.31. The van der Waals surface area contributed by atoms with Gasteiger partial charge in [-0.3, -0.25) is 4.79 Å². The van der Waals surface area contributed by atoms with E-state index in [0.29, 0.717) is 51.9 Å². The van der Waals surface area contributed by atoms with Crippen LogP contribution in [0.2, 0.25) is 0 Å². The minimum Gasteiger partial charge on any atom is -0.495 e. The van der Waals surface area contributed by atoms with Crippen LogP contribution in [0.5, 0.6) is 17.2 Å². The quantitative estimate of drug-likeness (QED) is 0.411. The molecule has 3 aromatic rings. The van der Waals surface area contributed by atoms with Crippen molar-refractivity contribution in [1.82, 2.24) is 14.8 Å². The molecule has 1 atom stereocenters. The Morgan fingerprint density at radius 1 is 1.11 bits per heavy atom. The number of ether oxygens (including phenoxy) is 3. The molecule has 0 saturated heterocycles. The molecule has 2 N–H and O–H groups in total. The maximum atomic E-state index is 13.7. The number of thioether (sulfide) groups is 1. The molecule has 184 valence electrons. The monoisotopic (exact) mass is 495 g/mol. The summed E-state index contributed by atoms with van der Waals surface area (Å²) < 4.78 is 18.4. The maximum absolute atomic E-state index is 13.7. The van der Waals surface area contributed by atoms with Crippen molar-refractivity contribution in [2.75, 3.05) is 37.2 Å². The Hall–Kier alpha value is -3.66. The molecule has 0 unspecified atom stereocenters. The molecular formula is C25H29N5O4S. The molecule has 1 aliphatic rings. The Bertz CT molecular complexity index is 1260. The van der Waals surface area contributed by atoms with Crippen LogP contribution in [0.1, 0.15) is 32.4 Å². The van der Waals surface area contributed by atoms with E-state index in [1.807, 2.05) is 51.1 Å². The van der Waals surface area contributed by atoms with Crippen LogP contribution in [0.15, 0.2) is 58.9 Å².